The molecule has 0 aliphatic carbocycles. The number of rotatable bonds is 5. The Hall–Kier alpha value is -3.69. The second kappa shape index (κ2) is 7.29. The molecule has 2 aliphatic rings. The molecule has 0 bridgehead atoms. The van der Waals surface area contributed by atoms with Gasteiger partial charge in [-0.2, -0.15) is 0 Å². The molecule has 0 saturated heterocycles. The maximum absolute atomic E-state index is 13.4. The summed E-state index contributed by atoms with van der Waals surface area (Å²) in [6.45, 7) is -0.311. The van der Waals surface area contributed by atoms with Crippen LogP contribution in [0.4, 0.5) is 10.1 Å². The van der Waals surface area contributed by atoms with Crippen molar-refractivity contribution in [3.8, 4) is 0 Å². The number of nitrogens with zero attached hydrogens (tertiary/aromatic N) is 2. The molecule has 152 valence electrons. The maximum Gasteiger partial charge on any atom is 0.360 e. The van der Waals surface area contributed by atoms with Crippen LogP contribution < -0.4 is 9.96 Å². The highest BCUT2D eigenvalue weighted by Gasteiger charge is 2.55. The highest BCUT2D eigenvalue weighted by Crippen LogP contribution is 2.52. The minimum absolute atomic E-state index is 0.0686. The minimum atomic E-state index is -1.12. The van der Waals surface area contributed by atoms with Gasteiger partial charge in [0.25, 0.3) is 5.91 Å². The SMILES string of the molecule is O=C(O)C[N+]1(Cc2ccc(F)cc2)C2=CN=CC(=O)C2c2c(C(=O)NO)cccc21. The molecule has 0 aromatic heterocycles. The molecule has 2 aromatic rings. The number of ketones is 1. The van der Waals surface area contributed by atoms with Gasteiger partial charge in [-0.05, 0) is 24.3 Å². The Morgan fingerprint density at radius 2 is 1.90 bits per heavy atom. The number of amides is 1. The predicted octanol–water partition coefficient (Wildman–Crippen LogP) is 2.13. The number of allylic oxidation sites excluding steroid dienone is 1. The van der Waals surface area contributed by atoms with Gasteiger partial charge in [0.15, 0.2) is 12.3 Å². The van der Waals surface area contributed by atoms with Gasteiger partial charge in [0, 0.05) is 11.1 Å². The van der Waals surface area contributed by atoms with Gasteiger partial charge < -0.3 is 5.11 Å². The van der Waals surface area contributed by atoms with E-state index in [1.807, 2.05) is 0 Å². The summed E-state index contributed by atoms with van der Waals surface area (Å²) in [6, 6.07) is 10.3. The summed E-state index contributed by atoms with van der Waals surface area (Å²) in [5.41, 5.74) is 3.46. The average Bonchev–Trinajstić information content (AvgIpc) is 3.00. The number of hydroxylamine groups is 1. The number of carbonyl (C=O) groups is 3. The summed E-state index contributed by atoms with van der Waals surface area (Å²) >= 11 is 0. The van der Waals surface area contributed by atoms with Gasteiger partial charge in [-0.15, -0.1) is 0 Å². The topological polar surface area (TPSA) is 116 Å². The molecule has 8 nitrogen and oxygen atoms in total. The first-order valence-electron chi connectivity index (χ1n) is 9.06. The fraction of sp³-hybridized carbons (Fsp3) is 0.143. The number of carboxylic acid groups (broad SMARTS) is 1. The lowest BCUT2D eigenvalue weighted by Crippen LogP contribution is -2.50. The first kappa shape index (κ1) is 19.6. The van der Waals surface area contributed by atoms with Crippen molar-refractivity contribution in [2.24, 2.45) is 4.99 Å². The monoisotopic (exact) mass is 410 g/mol. The first-order chi connectivity index (χ1) is 14.4. The van der Waals surface area contributed by atoms with Crippen LogP contribution in [0.1, 0.15) is 27.4 Å². The summed E-state index contributed by atoms with van der Waals surface area (Å²) in [6.07, 6.45) is 2.57. The van der Waals surface area contributed by atoms with Crippen molar-refractivity contribution in [2.45, 2.75) is 12.5 Å². The number of hydrogen-bond acceptors (Lipinski definition) is 5. The Morgan fingerprint density at radius 1 is 1.17 bits per heavy atom. The van der Waals surface area contributed by atoms with E-state index in [1.54, 1.807) is 29.7 Å². The number of carbonyl (C=O) groups excluding carboxylic acids is 2. The molecule has 1 amide bonds. The number of quaternary nitrogens is 1. The van der Waals surface area contributed by atoms with Crippen molar-refractivity contribution in [1.29, 1.82) is 0 Å². The lowest BCUT2D eigenvalue weighted by molar-refractivity contribution is -0.137. The molecule has 2 heterocycles. The Morgan fingerprint density at radius 3 is 2.57 bits per heavy atom. The third-order valence-corrected chi connectivity index (χ3v) is 5.43. The van der Waals surface area contributed by atoms with E-state index in [2.05, 4.69) is 4.99 Å². The molecule has 2 aliphatic heterocycles. The summed E-state index contributed by atoms with van der Waals surface area (Å²) in [5, 5.41) is 18.9. The number of Topliss-reactive ketones (excluding diaryl/α,β-unsaturated/α-hetero) is 1. The Bertz CT molecular complexity index is 1130. The van der Waals surface area contributed by atoms with E-state index in [0.29, 0.717) is 22.5 Å². The van der Waals surface area contributed by atoms with Crippen molar-refractivity contribution in [1.82, 2.24) is 9.96 Å². The van der Waals surface area contributed by atoms with E-state index in [9.17, 15) is 23.9 Å². The van der Waals surface area contributed by atoms with E-state index in [1.165, 1.54) is 24.4 Å². The zero-order valence-corrected chi connectivity index (χ0v) is 15.6. The van der Waals surface area contributed by atoms with E-state index in [4.69, 9.17) is 5.21 Å². The van der Waals surface area contributed by atoms with E-state index >= 15 is 0 Å². The summed E-state index contributed by atoms with van der Waals surface area (Å²) in [7, 11) is 0. The summed E-state index contributed by atoms with van der Waals surface area (Å²) < 4.78 is 13.1. The standard InChI is InChI=1S/C21H16FN3O5/c22-13-6-4-12(5-7-13)10-25(11-18(27)28)15-3-1-2-14(21(29)24-30)19(15)20-16(25)8-23-9-17(20)26/h1-9,20H,10-11H2,(H2-,23,24,26,27,28,29,30)/p+1. The highest BCUT2D eigenvalue weighted by atomic mass is 19.1. The normalized spacial score (nSPS) is 21.6. The third kappa shape index (κ3) is 3.00. The summed E-state index contributed by atoms with van der Waals surface area (Å²) in [4.78, 5) is 41.0. The zero-order valence-electron chi connectivity index (χ0n) is 15.6. The van der Waals surface area contributed by atoms with Crippen LogP contribution in [-0.4, -0.2) is 40.7 Å². The second-order valence-electron chi connectivity index (χ2n) is 7.15. The molecule has 2 atom stereocenters. The number of carboxylic acids is 1. The van der Waals surface area contributed by atoms with Gasteiger partial charge in [-0.25, -0.2) is 19.1 Å². The number of benzene rings is 2. The van der Waals surface area contributed by atoms with Crippen LogP contribution in [0, 0.1) is 5.82 Å². The second-order valence-corrected chi connectivity index (χ2v) is 7.15. The quantitative estimate of drug-likeness (QED) is 0.397. The van der Waals surface area contributed by atoms with E-state index in [0.717, 1.165) is 6.21 Å². The molecule has 3 N–H and O–H groups in total. The number of hydrogen-bond donors (Lipinski definition) is 3. The minimum Gasteiger partial charge on any atom is -0.477 e. The predicted molar refractivity (Wildman–Crippen MR) is 104 cm³/mol. The van der Waals surface area contributed by atoms with Crippen molar-refractivity contribution in [3.63, 3.8) is 0 Å². The zero-order chi connectivity index (χ0) is 21.5. The molecule has 2 unspecified atom stereocenters. The number of halogens is 1. The van der Waals surface area contributed by atoms with Crippen molar-refractivity contribution in [3.05, 3.63) is 76.9 Å². The van der Waals surface area contributed by atoms with Crippen LogP contribution in [-0.2, 0) is 16.1 Å². The van der Waals surface area contributed by atoms with Crippen LogP contribution in [0.5, 0.6) is 0 Å². The molecule has 0 saturated carbocycles. The van der Waals surface area contributed by atoms with Crippen LogP contribution in [0.3, 0.4) is 0 Å². The number of fused-ring (bicyclic) bond motifs is 3. The molecule has 30 heavy (non-hydrogen) atoms. The molecule has 2 aromatic carbocycles. The van der Waals surface area contributed by atoms with E-state index in [-0.39, 0.29) is 16.6 Å². The lowest BCUT2D eigenvalue weighted by Gasteiger charge is -2.35. The lowest BCUT2D eigenvalue weighted by atomic mass is 9.89. The van der Waals surface area contributed by atoms with E-state index < -0.39 is 35.9 Å². The van der Waals surface area contributed by atoms with Crippen LogP contribution in [0.15, 0.2) is 59.4 Å². The van der Waals surface area contributed by atoms with Crippen LogP contribution in [0.25, 0.3) is 0 Å². The van der Waals surface area contributed by atoms with Gasteiger partial charge in [-0.1, -0.05) is 18.2 Å². The molecule has 0 fully saturated rings. The maximum atomic E-state index is 13.4. The van der Waals surface area contributed by atoms with Gasteiger partial charge in [-0.3, -0.25) is 19.8 Å². The third-order valence-electron chi connectivity index (χ3n) is 5.43. The Balaban J connectivity index is 2.00. The first-order valence-corrected chi connectivity index (χ1v) is 9.06. The van der Waals surface area contributed by atoms with Crippen LogP contribution >= 0.6 is 0 Å². The highest BCUT2D eigenvalue weighted by molar-refractivity contribution is 6.33. The fourth-order valence-electron chi connectivity index (χ4n) is 4.30. The number of aliphatic imine (C=N–C) groups is 1. The van der Waals surface area contributed by atoms with Gasteiger partial charge in [0.05, 0.1) is 18.0 Å². The average molecular weight is 410 g/mol. The molecular weight excluding hydrogens is 393 g/mol. The van der Waals surface area contributed by atoms with Crippen molar-refractivity contribution < 1.29 is 29.1 Å². The number of nitrogens with one attached hydrogen (secondary N) is 1. The molecule has 4 rings (SSSR count). The fourth-order valence-corrected chi connectivity index (χ4v) is 4.30. The summed E-state index contributed by atoms with van der Waals surface area (Å²) in [5.74, 6) is -3.66. The Labute approximate surface area is 170 Å². The van der Waals surface area contributed by atoms with Gasteiger partial charge in [0.2, 0.25) is 0 Å². The van der Waals surface area contributed by atoms with Crippen molar-refractivity contribution in [2.75, 3.05) is 6.54 Å². The van der Waals surface area contributed by atoms with Gasteiger partial charge in [0.1, 0.15) is 29.7 Å². The van der Waals surface area contributed by atoms with Crippen LogP contribution in [0.2, 0.25) is 0 Å². The molecule has 9 heteroatoms. The number of aliphatic carboxylic acids is 1. The smallest absolute Gasteiger partial charge is 0.360 e. The van der Waals surface area contributed by atoms with Crippen molar-refractivity contribution >= 4 is 29.6 Å². The molecular formula is C21H17FN3O5+. The molecule has 0 radical (unpaired) electrons. The van der Waals surface area contributed by atoms with Gasteiger partial charge >= 0.3 is 5.97 Å². The largest absolute Gasteiger partial charge is 0.477 e. The Kier molecular flexibility index (Phi) is 4.76. The molecule has 0 spiro atoms.